The Kier molecular flexibility index (Phi) is 5.33. The summed E-state index contributed by atoms with van der Waals surface area (Å²) in [6.07, 6.45) is 0. The highest BCUT2D eigenvalue weighted by molar-refractivity contribution is 5.69. The van der Waals surface area contributed by atoms with Gasteiger partial charge in [0.2, 0.25) is 0 Å². The number of carbonyl (C=O) groups is 1. The van der Waals surface area contributed by atoms with Gasteiger partial charge >= 0.3 is 5.97 Å². The van der Waals surface area contributed by atoms with Crippen molar-refractivity contribution in [3.05, 3.63) is 29.6 Å². The molecule has 3 rings (SSSR count). The van der Waals surface area contributed by atoms with Crippen LogP contribution >= 0.6 is 0 Å². The van der Waals surface area contributed by atoms with E-state index in [1.54, 1.807) is 12.1 Å². The van der Waals surface area contributed by atoms with Gasteiger partial charge in [-0.1, -0.05) is 6.07 Å². The fraction of sp³-hybridized carbons (Fsp3) is 0.588. The van der Waals surface area contributed by atoms with Crippen molar-refractivity contribution in [2.24, 2.45) is 5.92 Å². The molecule has 0 saturated carbocycles. The number of hydrogen-bond acceptors (Lipinski definition) is 5. The second-order valence-corrected chi connectivity index (χ2v) is 6.53. The normalized spacial score (nSPS) is 25.2. The number of hydrogen-bond donors (Lipinski definition) is 1. The highest BCUT2D eigenvalue weighted by Crippen LogP contribution is 2.24. The SMILES string of the molecule is COc1ccc(CN2C[C@H]3COC[C@@H]2CN(CC(=O)O)C3)c(F)c1. The molecule has 2 atom stereocenters. The van der Waals surface area contributed by atoms with Gasteiger partial charge in [0.05, 0.1) is 26.9 Å². The summed E-state index contributed by atoms with van der Waals surface area (Å²) in [5.74, 6) is -0.361. The van der Waals surface area contributed by atoms with Crippen molar-refractivity contribution in [1.82, 2.24) is 9.80 Å². The van der Waals surface area contributed by atoms with E-state index in [4.69, 9.17) is 14.6 Å². The largest absolute Gasteiger partial charge is 0.497 e. The van der Waals surface area contributed by atoms with Gasteiger partial charge in [-0.05, 0) is 6.07 Å². The number of nitrogens with zero attached hydrogens (tertiary/aromatic N) is 2. The summed E-state index contributed by atoms with van der Waals surface area (Å²) in [5, 5.41) is 9.06. The Labute approximate surface area is 140 Å². The van der Waals surface area contributed by atoms with Crippen molar-refractivity contribution in [2.45, 2.75) is 12.6 Å². The van der Waals surface area contributed by atoms with Crippen LogP contribution in [0.25, 0.3) is 0 Å². The second kappa shape index (κ2) is 7.46. The monoisotopic (exact) mass is 338 g/mol. The molecular formula is C17H23FN2O4. The second-order valence-electron chi connectivity index (χ2n) is 6.53. The maximum absolute atomic E-state index is 14.3. The maximum atomic E-state index is 14.3. The Morgan fingerprint density at radius 3 is 2.92 bits per heavy atom. The maximum Gasteiger partial charge on any atom is 0.317 e. The predicted octanol–water partition coefficient (Wildman–Crippen LogP) is 1.05. The Morgan fingerprint density at radius 2 is 2.21 bits per heavy atom. The molecule has 1 aromatic rings. The number of rotatable bonds is 5. The molecule has 132 valence electrons. The van der Waals surface area contributed by atoms with E-state index in [0.717, 1.165) is 6.54 Å². The minimum absolute atomic E-state index is 0.0394. The van der Waals surface area contributed by atoms with Gasteiger partial charge in [0.25, 0.3) is 0 Å². The topological polar surface area (TPSA) is 62.2 Å². The van der Waals surface area contributed by atoms with Gasteiger partial charge in [0.1, 0.15) is 11.6 Å². The van der Waals surface area contributed by atoms with Crippen LogP contribution in [0.2, 0.25) is 0 Å². The van der Waals surface area contributed by atoms with E-state index >= 15 is 0 Å². The summed E-state index contributed by atoms with van der Waals surface area (Å²) in [4.78, 5) is 15.2. The molecule has 2 fully saturated rings. The van der Waals surface area contributed by atoms with Gasteiger partial charge in [-0.25, -0.2) is 4.39 Å². The molecule has 0 spiro atoms. The minimum Gasteiger partial charge on any atom is -0.497 e. The summed E-state index contributed by atoms with van der Waals surface area (Å²) in [7, 11) is 1.51. The summed E-state index contributed by atoms with van der Waals surface area (Å²) in [6.45, 7) is 3.80. The third-order valence-corrected chi connectivity index (χ3v) is 4.65. The Balaban J connectivity index is 1.74. The van der Waals surface area contributed by atoms with Crippen LogP contribution in [-0.4, -0.2) is 73.4 Å². The van der Waals surface area contributed by atoms with Crippen LogP contribution in [-0.2, 0) is 16.1 Å². The van der Waals surface area contributed by atoms with E-state index < -0.39 is 5.97 Å². The molecule has 2 aliphatic heterocycles. The van der Waals surface area contributed by atoms with Crippen molar-refractivity contribution in [1.29, 1.82) is 0 Å². The third kappa shape index (κ3) is 4.03. The van der Waals surface area contributed by atoms with Gasteiger partial charge in [-0.3, -0.25) is 14.6 Å². The van der Waals surface area contributed by atoms with Crippen LogP contribution in [0.4, 0.5) is 4.39 Å². The first-order valence-corrected chi connectivity index (χ1v) is 8.13. The van der Waals surface area contributed by atoms with Crippen molar-refractivity contribution in [3.8, 4) is 5.75 Å². The average molecular weight is 338 g/mol. The number of benzene rings is 1. The summed E-state index contributed by atoms with van der Waals surface area (Å²) < 4.78 is 25.0. The van der Waals surface area contributed by atoms with E-state index in [1.807, 2.05) is 4.90 Å². The van der Waals surface area contributed by atoms with E-state index in [2.05, 4.69) is 4.90 Å². The Bertz CT molecular complexity index is 598. The summed E-state index contributed by atoms with van der Waals surface area (Å²) >= 11 is 0. The van der Waals surface area contributed by atoms with Crippen molar-refractivity contribution < 1.29 is 23.8 Å². The van der Waals surface area contributed by atoms with Crippen LogP contribution in [0.3, 0.4) is 0 Å². The lowest BCUT2D eigenvalue weighted by molar-refractivity contribution is -0.138. The zero-order valence-electron chi connectivity index (χ0n) is 13.8. The molecular weight excluding hydrogens is 315 g/mol. The molecule has 2 saturated heterocycles. The lowest BCUT2D eigenvalue weighted by atomic mass is 10.1. The summed E-state index contributed by atoms with van der Waals surface area (Å²) in [6, 6.07) is 4.97. The van der Waals surface area contributed by atoms with E-state index in [-0.39, 0.29) is 24.3 Å². The molecule has 1 aromatic carbocycles. The van der Waals surface area contributed by atoms with Crippen molar-refractivity contribution in [2.75, 3.05) is 46.5 Å². The summed E-state index contributed by atoms with van der Waals surface area (Å²) in [5.41, 5.74) is 0.619. The zero-order chi connectivity index (χ0) is 17.1. The van der Waals surface area contributed by atoms with Gasteiger partial charge in [-0.15, -0.1) is 0 Å². The van der Waals surface area contributed by atoms with Crippen LogP contribution in [0.1, 0.15) is 5.56 Å². The first-order valence-electron chi connectivity index (χ1n) is 8.13. The van der Waals surface area contributed by atoms with Crippen molar-refractivity contribution in [3.63, 3.8) is 0 Å². The van der Waals surface area contributed by atoms with Crippen LogP contribution in [0, 0.1) is 11.7 Å². The number of carboxylic acids is 1. The van der Waals surface area contributed by atoms with Crippen LogP contribution in [0.5, 0.6) is 5.75 Å². The first-order chi connectivity index (χ1) is 11.5. The molecule has 7 heteroatoms. The average Bonchev–Trinajstić information content (AvgIpc) is 2.78. The molecule has 2 aliphatic rings. The Morgan fingerprint density at radius 1 is 1.38 bits per heavy atom. The molecule has 2 bridgehead atoms. The predicted molar refractivity (Wildman–Crippen MR) is 85.5 cm³/mol. The van der Waals surface area contributed by atoms with Crippen LogP contribution in [0.15, 0.2) is 18.2 Å². The molecule has 24 heavy (non-hydrogen) atoms. The molecule has 0 aliphatic carbocycles. The van der Waals surface area contributed by atoms with Gasteiger partial charge in [0.15, 0.2) is 0 Å². The molecule has 0 amide bonds. The van der Waals surface area contributed by atoms with E-state index in [0.29, 0.717) is 44.2 Å². The van der Waals surface area contributed by atoms with Crippen molar-refractivity contribution >= 4 is 5.97 Å². The van der Waals surface area contributed by atoms with E-state index in [9.17, 15) is 9.18 Å². The number of methoxy groups -OCH3 is 1. The Hall–Kier alpha value is -1.70. The molecule has 1 N–H and O–H groups in total. The standard InChI is InChI=1S/C17H23FN2O4/c1-23-15-3-2-13(16(18)4-15)7-20-6-12-5-19(9-17(21)22)8-14(20)11-24-10-12/h2-4,12,14H,5-11H2,1H3,(H,21,22)/t12-,14-/m0/s1. The number of carboxylic acid groups (broad SMARTS) is 1. The quantitative estimate of drug-likeness (QED) is 0.866. The number of aliphatic carboxylic acids is 1. The van der Waals surface area contributed by atoms with Gasteiger partial charge < -0.3 is 14.6 Å². The highest BCUT2D eigenvalue weighted by atomic mass is 19.1. The molecule has 2 heterocycles. The number of fused-ring (bicyclic) bond motifs is 3. The zero-order valence-corrected chi connectivity index (χ0v) is 13.8. The van der Waals surface area contributed by atoms with Gasteiger partial charge in [-0.2, -0.15) is 0 Å². The third-order valence-electron chi connectivity index (χ3n) is 4.65. The molecule has 0 aromatic heterocycles. The lowest BCUT2D eigenvalue weighted by Crippen LogP contribution is -2.45. The first kappa shape index (κ1) is 17.1. The molecule has 0 radical (unpaired) electrons. The number of ether oxygens (including phenoxy) is 2. The fourth-order valence-corrected chi connectivity index (χ4v) is 3.54. The van der Waals surface area contributed by atoms with Gasteiger partial charge in [0, 0.05) is 49.8 Å². The van der Waals surface area contributed by atoms with Crippen LogP contribution < -0.4 is 4.74 Å². The smallest absolute Gasteiger partial charge is 0.317 e. The van der Waals surface area contributed by atoms with E-state index in [1.165, 1.54) is 13.2 Å². The highest BCUT2D eigenvalue weighted by Gasteiger charge is 2.34. The minimum atomic E-state index is -0.816. The molecule has 0 unspecified atom stereocenters. The lowest BCUT2D eigenvalue weighted by Gasteiger charge is -2.30. The molecule has 6 nitrogen and oxygen atoms in total. The number of halogens is 1. The fourth-order valence-electron chi connectivity index (χ4n) is 3.54.